The second-order valence-electron chi connectivity index (χ2n) is 2.87. The summed E-state index contributed by atoms with van der Waals surface area (Å²) in [6.07, 6.45) is 1.94. The van der Waals surface area contributed by atoms with Gasteiger partial charge in [-0.15, -0.1) is 0 Å². The van der Waals surface area contributed by atoms with Crippen molar-refractivity contribution in [3.05, 3.63) is 0 Å². The summed E-state index contributed by atoms with van der Waals surface area (Å²) in [5.74, 6) is 0.191. The van der Waals surface area contributed by atoms with Crippen molar-refractivity contribution in [1.29, 1.82) is 0 Å². The molecule has 0 fully saturated rings. The van der Waals surface area contributed by atoms with Crippen molar-refractivity contribution < 1.29 is 14.3 Å². The van der Waals surface area contributed by atoms with E-state index in [9.17, 15) is 9.59 Å². The quantitative estimate of drug-likeness (QED) is 0.661. The zero-order chi connectivity index (χ0) is 10.3. The lowest BCUT2D eigenvalue weighted by Gasteiger charge is -2.20. The number of amides is 1. The van der Waals surface area contributed by atoms with Crippen molar-refractivity contribution in [2.45, 2.75) is 32.7 Å². The van der Waals surface area contributed by atoms with Crippen LogP contribution in [-0.2, 0) is 9.53 Å². The predicted octanol–water partition coefficient (Wildman–Crippen LogP) is 1.35. The average Bonchev–Trinajstić information content (AvgIpc) is 2.17. The first-order valence-corrected chi connectivity index (χ1v) is 4.49. The number of alkyl carbamates (subject to hydrolysis) is 1. The van der Waals surface area contributed by atoms with Crippen LogP contribution in [0.4, 0.5) is 4.79 Å². The molecule has 1 N–H and O–H groups in total. The Morgan fingerprint density at radius 2 is 2.00 bits per heavy atom. The SMILES string of the molecule is CCC(CC)[C@@H](C=O)NC(=O)OC. The van der Waals surface area contributed by atoms with Crippen LogP contribution in [0.2, 0.25) is 0 Å². The lowest BCUT2D eigenvalue weighted by Crippen LogP contribution is -2.41. The Balaban J connectivity index is 4.14. The molecule has 0 saturated heterocycles. The third-order valence-electron chi connectivity index (χ3n) is 2.17. The van der Waals surface area contributed by atoms with Crippen molar-refractivity contribution in [3.63, 3.8) is 0 Å². The van der Waals surface area contributed by atoms with E-state index in [-0.39, 0.29) is 5.92 Å². The number of hydrogen-bond donors (Lipinski definition) is 1. The van der Waals surface area contributed by atoms with Gasteiger partial charge in [-0.05, 0) is 5.92 Å². The van der Waals surface area contributed by atoms with Crippen LogP contribution in [0.25, 0.3) is 0 Å². The van der Waals surface area contributed by atoms with Gasteiger partial charge in [-0.1, -0.05) is 26.7 Å². The highest BCUT2D eigenvalue weighted by Gasteiger charge is 2.19. The molecule has 13 heavy (non-hydrogen) atoms. The maximum atomic E-state index is 10.8. The van der Waals surface area contributed by atoms with Crippen LogP contribution in [0.15, 0.2) is 0 Å². The summed E-state index contributed by atoms with van der Waals surface area (Å²) >= 11 is 0. The van der Waals surface area contributed by atoms with Gasteiger partial charge in [0, 0.05) is 0 Å². The summed E-state index contributed by atoms with van der Waals surface area (Å²) in [5.41, 5.74) is 0. The molecular formula is C9H17NO3. The number of nitrogens with one attached hydrogen (secondary N) is 1. The number of methoxy groups -OCH3 is 1. The zero-order valence-electron chi connectivity index (χ0n) is 8.37. The minimum absolute atomic E-state index is 0.191. The van der Waals surface area contributed by atoms with E-state index < -0.39 is 12.1 Å². The predicted molar refractivity (Wildman–Crippen MR) is 49.5 cm³/mol. The number of carbonyl (C=O) groups is 2. The first kappa shape index (κ1) is 11.9. The third-order valence-corrected chi connectivity index (χ3v) is 2.17. The van der Waals surface area contributed by atoms with Crippen LogP contribution >= 0.6 is 0 Å². The molecule has 0 heterocycles. The summed E-state index contributed by atoms with van der Waals surface area (Å²) in [4.78, 5) is 21.5. The summed E-state index contributed by atoms with van der Waals surface area (Å²) in [5, 5.41) is 2.49. The van der Waals surface area contributed by atoms with E-state index in [1.54, 1.807) is 0 Å². The summed E-state index contributed by atoms with van der Waals surface area (Å²) in [7, 11) is 1.28. The largest absolute Gasteiger partial charge is 0.453 e. The first-order chi connectivity index (χ1) is 6.19. The Morgan fingerprint density at radius 1 is 1.46 bits per heavy atom. The van der Waals surface area contributed by atoms with E-state index in [2.05, 4.69) is 10.1 Å². The molecule has 0 aromatic rings. The fourth-order valence-electron chi connectivity index (χ4n) is 1.25. The Bertz CT molecular complexity index is 166. The molecule has 76 valence electrons. The van der Waals surface area contributed by atoms with E-state index >= 15 is 0 Å². The van der Waals surface area contributed by atoms with E-state index in [1.807, 2.05) is 13.8 Å². The molecule has 0 aliphatic carbocycles. The lowest BCUT2D eigenvalue weighted by molar-refractivity contribution is -0.110. The maximum absolute atomic E-state index is 10.8. The van der Waals surface area contributed by atoms with Crippen LogP contribution in [0, 0.1) is 5.92 Å². The van der Waals surface area contributed by atoms with Crippen LogP contribution in [0.3, 0.4) is 0 Å². The Labute approximate surface area is 78.6 Å². The van der Waals surface area contributed by atoms with Crippen LogP contribution in [0.5, 0.6) is 0 Å². The van der Waals surface area contributed by atoms with Gasteiger partial charge in [0.25, 0.3) is 0 Å². The minimum Gasteiger partial charge on any atom is -0.453 e. The molecule has 0 spiro atoms. The molecule has 1 atom stereocenters. The number of hydrogen-bond acceptors (Lipinski definition) is 3. The van der Waals surface area contributed by atoms with Gasteiger partial charge in [0.15, 0.2) is 0 Å². The molecule has 0 saturated carbocycles. The lowest BCUT2D eigenvalue weighted by atomic mass is 9.95. The molecule has 0 aromatic heterocycles. The van der Waals surface area contributed by atoms with Gasteiger partial charge in [0.05, 0.1) is 13.2 Å². The molecule has 0 aromatic carbocycles. The van der Waals surface area contributed by atoms with Crippen molar-refractivity contribution in [2.75, 3.05) is 7.11 Å². The van der Waals surface area contributed by atoms with Crippen LogP contribution < -0.4 is 5.32 Å². The van der Waals surface area contributed by atoms with Crippen LogP contribution in [0.1, 0.15) is 26.7 Å². The van der Waals surface area contributed by atoms with E-state index in [0.29, 0.717) is 0 Å². The normalized spacial score (nSPS) is 12.3. The molecule has 0 radical (unpaired) electrons. The smallest absolute Gasteiger partial charge is 0.407 e. The molecular weight excluding hydrogens is 170 g/mol. The Morgan fingerprint density at radius 3 is 2.31 bits per heavy atom. The van der Waals surface area contributed by atoms with E-state index in [4.69, 9.17) is 0 Å². The standard InChI is InChI=1S/C9H17NO3/c1-4-7(5-2)8(6-11)10-9(12)13-3/h6-8H,4-5H2,1-3H3,(H,10,12)/t8-/m1/s1. The van der Waals surface area contributed by atoms with Gasteiger partial charge in [0.1, 0.15) is 6.29 Å². The van der Waals surface area contributed by atoms with Gasteiger partial charge < -0.3 is 14.8 Å². The van der Waals surface area contributed by atoms with Crippen molar-refractivity contribution in [2.24, 2.45) is 5.92 Å². The number of rotatable bonds is 5. The maximum Gasteiger partial charge on any atom is 0.407 e. The molecule has 4 heteroatoms. The topological polar surface area (TPSA) is 55.4 Å². The molecule has 1 amide bonds. The van der Waals surface area contributed by atoms with Gasteiger partial charge in [-0.25, -0.2) is 4.79 Å². The highest BCUT2D eigenvalue weighted by atomic mass is 16.5. The first-order valence-electron chi connectivity index (χ1n) is 4.49. The monoisotopic (exact) mass is 187 g/mol. The molecule has 0 aliphatic rings. The van der Waals surface area contributed by atoms with Gasteiger partial charge in [0.2, 0.25) is 0 Å². The summed E-state index contributed by atoms with van der Waals surface area (Å²) < 4.78 is 4.41. The molecule has 0 aliphatic heterocycles. The molecule has 0 bridgehead atoms. The van der Waals surface area contributed by atoms with E-state index in [1.165, 1.54) is 7.11 Å². The second kappa shape index (κ2) is 6.46. The summed E-state index contributed by atoms with van der Waals surface area (Å²) in [6.45, 7) is 3.98. The fraction of sp³-hybridized carbons (Fsp3) is 0.778. The van der Waals surface area contributed by atoms with Crippen molar-refractivity contribution >= 4 is 12.4 Å². The van der Waals surface area contributed by atoms with Gasteiger partial charge in [-0.2, -0.15) is 0 Å². The van der Waals surface area contributed by atoms with E-state index in [0.717, 1.165) is 19.1 Å². The average molecular weight is 187 g/mol. The second-order valence-corrected chi connectivity index (χ2v) is 2.87. The number of ether oxygens (including phenoxy) is 1. The Hall–Kier alpha value is -1.06. The molecule has 4 nitrogen and oxygen atoms in total. The van der Waals surface area contributed by atoms with Gasteiger partial charge in [-0.3, -0.25) is 0 Å². The van der Waals surface area contributed by atoms with Crippen molar-refractivity contribution in [1.82, 2.24) is 5.32 Å². The van der Waals surface area contributed by atoms with Gasteiger partial charge >= 0.3 is 6.09 Å². The summed E-state index contributed by atoms with van der Waals surface area (Å²) in [6, 6.07) is -0.428. The number of carbonyl (C=O) groups excluding carboxylic acids is 2. The van der Waals surface area contributed by atoms with Crippen LogP contribution in [-0.4, -0.2) is 25.5 Å². The third kappa shape index (κ3) is 3.92. The highest BCUT2D eigenvalue weighted by molar-refractivity contribution is 5.73. The fourth-order valence-corrected chi connectivity index (χ4v) is 1.25. The molecule has 0 unspecified atom stereocenters. The number of aldehydes is 1. The molecule has 0 rings (SSSR count). The van der Waals surface area contributed by atoms with Crippen molar-refractivity contribution in [3.8, 4) is 0 Å². The zero-order valence-corrected chi connectivity index (χ0v) is 8.37. The minimum atomic E-state index is -0.552. The highest BCUT2D eigenvalue weighted by Crippen LogP contribution is 2.11. The Kier molecular flexibility index (Phi) is 5.93.